The van der Waals surface area contributed by atoms with E-state index in [2.05, 4.69) is 16.0 Å². The Hall–Kier alpha value is -3.39. The number of ether oxygens (including phenoxy) is 3. The molecule has 1 saturated heterocycles. The van der Waals surface area contributed by atoms with E-state index in [9.17, 15) is 24.0 Å². The molecule has 0 radical (unpaired) electrons. The predicted molar refractivity (Wildman–Crippen MR) is 205 cm³/mol. The van der Waals surface area contributed by atoms with Crippen LogP contribution >= 0.6 is 0 Å². The Morgan fingerprint density at radius 2 is 1.55 bits per heavy atom. The number of likely N-dealkylation sites (N-methyl/N-ethyl adjacent to an activating group) is 2. The van der Waals surface area contributed by atoms with Crippen molar-refractivity contribution < 1.29 is 38.2 Å². The highest BCUT2D eigenvalue weighted by molar-refractivity contribution is 6.00. The van der Waals surface area contributed by atoms with Gasteiger partial charge in [-0.25, -0.2) is 0 Å². The molecule has 0 aliphatic carbocycles. The average Bonchev–Trinajstić information content (AvgIpc) is 3.56. The zero-order valence-electron chi connectivity index (χ0n) is 34.4. The van der Waals surface area contributed by atoms with Crippen LogP contribution in [0.15, 0.2) is 24.3 Å². The number of methoxy groups -OCH3 is 3. The van der Waals surface area contributed by atoms with Gasteiger partial charge in [-0.2, -0.15) is 0 Å². The van der Waals surface area contributed by atoms with E-state index in [0.29, 0.717) is 24.9 Å². The highest BCUT2D eigenvalue weighted by Crippen LogP contribution is 2.31. The van der Waals surface area contributed by atoms with E-state index in [1.54, 1.807) is 50.1 Å². The van der Waals surface area contributed by atoms with E-state index >= 15 is 0 Å². The molecule has 1 fully saturated rings. The van der Waals surface area contributed by atoms with E-state index in [1.807, 2.05) is 60.6 Å². The molecular weight excluding hydrogens is 678 g/mol. The first-order valence-electron chi connectivity index (χ1n) is 19.0. The number of carbonyl (C=O) groups excluding carboxylic acids is 5. The number of nitrogens with one attached hydrogen (secondary N) is 3. The maximum atomic E-state index is 14.3. The van der Waals surface area contributed by atoms with Crippen LogP contribution in [0, 0.1) is 30.6 Å². The first-order valence-corrected chi connectivity index (χ1v) is 19.0. The molecule has 1 aliphatic heterocycles. The Bertz CT molecular complexity index is 1370. The molecule has 13 nitrogen and oxygen atoms in total. The molecule has 3 N–H and O–H groups in total. The second kappa shape index (κ2) is 21.5. The lowest BCUT2D eigenvalue weighted by atomic mass is 9.89. The molecule has 1 aliphatic rings. The van der Waals surface area contributed by atoms with E-state index in [0.717, 1.165) is 5.56 Å². The van der Waals surface area contributed by atoms with Crippen molar-refractivity contribution in [3.8, 4) is 0 Å². The molecule has 2 rings (SSSR count). The molecule has 13 heteroatoms. The van der Waals surface area contributed by atoms with E-state index < -0.39 is 42.3 Å². The Balaban J connectivity index is 2.30. The Kier molecular flexibility index (Phi) is 18.6. The van der Waals surface area contributed by atoms with Gasteiger partial charge in [-0.3, -0.25) is 24.0 Å². The fraction of sp³-hybridized carbons (Fsp3) is 0.725. The molecule has 1 aromatic carbocycles. The van der Waals surface area contributed by atoms with Crippen molar-refractivity contribution in [2.75, 3.05) is 48.5 Å². The van der Waals surface area contributed by atoms with Gasteiger partial charge in [0.25, 0.3) is 0 Å². The van der Waals surface area contributed by atoms with Crippen LogP contribution in [-0.2, 0) is 33.4 Å². The van der Waals surface area contributed by atoms with Gasteiger partial charge in [0.1, 0.15) is 6.04 Å². The molecule has 1 heterocycles. The fourth-order valence-corrected chi connectivity index (χ4v) is 7.51. The Morgan fingerprint density at radius 3 is 2.06 bits per heavy atom. The van der Waals surface area contributed by atoms with Crippen LogP contribution in [0.25, 0.3) is 0 Å². The summed E-state index contributed by atoms with van der Waals surface area (Å²) in [6.45, 7) is 15.4. The average molecular weight is 746 g/mol. The third kappa shape index (κ3) is 11.8. The third-order valence-electron chi connectivity index (χ3n) is 11.0. The Morgan fingerprint density at radius 1 is 0.925 bits per heavy atom. The highest BCUT2D eigenvalue weighted by atomic mass is 16.5. The fourth-order valence-electron chi connectivity index (χ4n) is 7.51. The molecule has 300 valence electrons. The molecule has 9 atom stereocenters. The molecule has 53 heavy (non-hydrogen) atoms. The molecule has 0 aromatic heterocycles. The summed E-state index contributed by atoms with van der Waals surface area (Å²) >= 11 is 0. The Labute approximate surface area is 317 Å². The SMILES string of the molecule is CC[C@H](C)[C@@H]([C@@H](CC(=O)N1C[C@H](OC)C[C@H]1[C@H](OC)[C@@H](C)C(=O)NCC(=O)c1ccccc1C)OC)N(C)C(=O)[C@@H](NC(=O)[C@@H](NC)C(C)C)C(C)C. The topological polar surface area (TPSA) is 156 Å². The first-order chi connectivity index (χ1) is 25.0. The van der Waals surface area contributed by atoms with Crippen LogP contribution in [0.1, 0.15) is 83.7 Å². The lowest BCUT2D eigenvalue weighted by Gasteiger charge is -2.41. The lowest BCUT2D eigenvalue weighted by Crippen LogP contribution is -2.59. The number of hydrogen-bond acceptors (Lipinski definition) is 9. The molecule has 0 spiro atoms. The first kappa shape index (κ1) is 45.8. The zero-order valence-corrected chi connectivity index (χ0v) is 34.4. The smallest absolute Gasteiger partial charge is 0.245 e. The zero-order chi connectivity index (χ0) is 40.2. The van der Waals surface area contributed by atoms with Crippen molar-refractivity contribution in [1.82, 2.24) is 25.8 Å². The van der Waals surface area contributed by atoms with Gasteiger partial charge < -0.3 is 40.0 Å². The van der Waals surface area contributed by atoms with Crippen LogP contribution < -0.4 is 16.0 Å². The summed E-state index contributed by atoms with van der Waals surface area (Å²) in [4.78, 5) is 71.3. The van der Waals surface area contributed by atoms with Crippen molar-refractivity contribution >= 4 is 29.4 Å². The van der Waals surface area contributed by atoms with Gasteiger partial charge in [0.2, 0.25) is 23.6 Å². The van der Waals surface area contributed by atoms with Crippen molar-refractivity contribution in [2.24, 2.45) is 23.7 Å². The van der Waals surface area contributed by atoms with Gasteiger partial charge in [-0.05, 0) is 43.7 Å². The summed E-state index contributed by atoms with van der Waals surface area (Å²) < 4.78 is 17.6. The summed E-state index contributed by atoms with van der Waals surface area (Å²) in [6, 6.07) is 5.00. The van der Waals surface area contributed by atoms with Crippen LogP contribution in [-0.4, -0.2) is 130 Å². The largest absolute Gasteiger partial charge is 0.380 e. The summed E-state index contributed by atoms with van der Waals surface area (Å²) in [5.41, 5.74) is 1.38. The van der Waals surface area contributed by atoms with Gasteiger partial charge >= 0.3 is 0 Å². The number of carbonyl (C=O) groups is 5. The summed E-state index contributed by atoms with van der Waals surface area (Å²) in [5, 5.41) is 8.79. The number of Topliss-reactive ketones (excluding diaryl/α,β-unsaturated/α-hetero) is 1. The van der Waals surface area contributed by atoms with E-state index in [-0.39, 0.29) is 66.2 Å². The maximum absolute atomic E-state index is 14.3. The van der Waals surface area contributed by atoms with Gasteiger partial charge in [-0.15, -0.1) is 0 Å². The van der Waals surface area contributed by atoms with Crippen molar-refractivity contribution in [1.29, 1.82) is 0 Å². The highest BCUT2D eigenvalue weighted by Gasteiger charge is 2.45. The second-order valence-electron chi connectivity index (χ2n) is 15.2. The summed E-state index contributed by atoms with van der Waals surface area (Å²) in [6.07, 6.45) is -0.514. The minimum Gasteiger partial charge on any atom is -0.380 e. The van der Waals surface area contributed by atoms with Gasteiger partial charge in [0.05, 0.1) is 55.3 Å². The molecule has 1 aromatic rings. The minimum absolute atomic E-state index is 0.0211. The molecule has 0 saturated carbocycles. The van der Waals surface area contributed by atoms with E-state index in [4.69, 9.17) is 14.2 Å². The number of benzene rings is 1. The van der Waals surface area contributed by atoms with E-state index in [1.165, 1.54) is 14.2 Å². The van der Waals surface area contributed by atoms with Gasteiger partial charge in [0.15, 0.2) is 5.78 Å². The maximum Gasteiger partial charge on any atom is 0.245 e. The number of likely N-dealkylation sites (tertiary alicyclic amines) is 1. The number of nitrogens with zero attached hydrogens (tertiary/aromatic N) is 2. The number of hydrogen-bond donors (Lipinski definition) is 3. The van der Waals surface area contributed by atoms with Crippen LogP contribution in [0.2, 0.25) is 0 Å². The van der Waals surface area contributed by atoms with Gasteiger partial charge in [-0.1, -0.05) is 79.2 Å². The van der Waals surface area contributed by atoms with Crippen molar-refractivity contribution in [3.05, 3.63) is 35.4 Å². The monoisotopic (exact) mass is 745 g/mol. The third-order valence-corrected chi connectivity index (χ3v) is 11.0. The number of ketones is 1. The van der Waals surface area contributed by atoms with Crippen molar-refractivity contribution in [3.63, 3.8) is 0 Å². The molecule has 4 amide bonds. The number of amides is 4. The predicted octanol–water partition coefficient (Wildman–Crippen LogP) is 3.22. The quantitative estimate of drug-likeness (QED) is 0.161. The number of rotatable bonds is 21. The standard InChI is InChI=1S/C40H67N5O8/c1-14-25(6)36(44(10)40(50)35(24(4)5)43-39(49)34(41-9)23(2)3)32(52-12)20-33(47)45-22-28(51-11)19-30(45)37(53-13)27(8)38(48)42-21-31(46)29-18-16-15-17-26(29)7/h15-18,23-25,27-28,30,32,34-37,41H,14,19-22H2,1-13H3,(H,42,48)(H,43,49)/t25-,27+,28+,30-,32+,34-,35-,36-,37+/m0/s1. The van der Waals surface area contributed by atoms with Crippen LogP contribution in [0.5, 0.6) is 0 Å². The van der Waals surface area contributed by atoms with Crippen LogP contribution in [0.4, 0.5) is 0 Å². The summed E-state index contributed by atoms with van der Waals surface area (Å²) in [7, 11) is 8.07. The molecular formula is C40H67N5O8. The normalized spacial score (nSPS) is 19.9. The lowest BCUT2D eigenvalue weighted by molar-refractivity contribution is -0.147. The molecule has 0 unspecified atom stereocenters. The van der Waals surface area contributed by atoms with Crippen LogP contribution in [0.3, 0.4) is 0 Å². The van der Waals surface area contributed by atoms with Gasteiger partial charge in [0, 0.05) is 40.5 Å². The number of aryl methyl sites for hydroxylation is 1. The van der Waals surface area contributed by atoms with Crippen molar-refractivity contribution in [2.45, 2.75) is 117 Å². The molecule has 0 bridgehead atoms. The minimum atomic E-state index is -0.783. The summed E-state index contributed by atoms with van der Waals surface area (Å²) in [5.74, 6) is -2.20. The second-order valence-corrected chi connectivity index (χ2v) is 15.2.